The molecule has 0 atom stereocenters. The number of ether oxygens (including phenoxy) is 2. The minimum atomic E-state index is -0.409. The van der Waals surface area contributed by atoms with Crippen LogP contribution in [0, 0.1) is 6.57 Å². The molecule has 4 N–H and O–H groups in total. The molecule has 0 aliphatic carbocycles. The second kappa shape index (κ2) is 9.66. The maximum absolute atomic E-state index is 12.2. The number of thiazole rings is 1. The Morgan fingerprint density at radius 2 is 2.07 bits per heavy atom. The van der Waals surface area contributed by atoms with Crippen molar-refractivity contribution in [1.82, 2.24) is 4.98 Å². The highest BCUT2D eigenvalue weighted by Gasteiger charge is 2.09. The van der Waals surface area contributed by atoms with Crippen molar-refractivity contribution in [2.24, 2.45) is 5.73 Å². The maximum Gasteiger partial charge on any atom is 0.325 e. The molecule has 0 aliphatic rings. The normalized spacial score (nSPS) is 10.4. The van der Waals surface area contributed by atoms with Gasteiger partial charge < -0.3 is 20.5 Å². The summed E-state index contributed by atoms with van der Waals surface area (Å²) in [6.45, 7) is 8.88. The molecule has 2 aromatic carbocycles. The monoisotopic (exact) mass is 397 g/mol. The lowest BCUT2D eigenvalue weighted by Crippen LogP contribution is -2.19. The molecule has 3 aromatic rings. The largest absolute Gasteiger partial charge is 0.491 e. The quantitative estimate of drug-likeness (QED) is 0.396. The fraction of sp³-hybridized carbons (Fsp3) is 0.211. The van der Waals surface area contributed by atoms with Crippen molar-refractivity contribution in [2.45, 2.75) is 0 Å². The topological polar surface area (TPSA) is 103 Å². The van der Waals surface area contributed by atoms with Crippen molar-refractivity contribution in [3.05, 3.63) is 53.9 Å². The first-order valence-electron chi connectivity index (χ1n) is 8.54. The molecule has 2 amide bonds. The summed E-state index contributed by atoms with van der Waals surface area (Å²) in [4.78, 5) is 20.0. The average molecular weight is 397 g/mol. The van der Waals surface area contributed by atoms with Gasteiger partial charge in [0.15, 0.2) is 10.8 Å². The molecule has 0 radical (unpaired) electrons. The highest BCUT2D eigenvalue weighted by Crippen LogP contribution is 2.29. The summed E-state index contributed by atoms with van der Waals surface area (Å²) in [5, 5.41) is 5.92. The molecule has 0 bridgehead atoms. The minimum absolute atomic E-state index is 0.397. The van der Waals surface area contributed by atoms with Crippen LogP contribution in [0.4, 0.5) is 21.3 Å². The van der Waals surface area contributed by atoms with Gasteiger partial charge in [-0.15, -0.1) is 0 Å². The third kappa shape index (κ3) is 5.40. The molecule has 8 nitrogen and oxygen atoms in total. The second-order valence-electron chi connectivity index (χ2n) is 5.64. The van der Waals surface area contributed by atoms with E-state index in [0.29, 0.717) is 48.6 Å². The van der Waals surface area contributed by atoms with Gasteiger partial charge in [0, 0.05) is 23.0 Å². The van der Waals surface area contributed by atoms with E-state index in [2.05, 4.69) is 20.5 Å². The van der Waals surface area contributed by atoms with Crippen LogP contribution in [0.5, 0.6) is 5.75 Å². The number of fused-ring (bicyclic) bond motifs is 1. The van der Waals surface area contributed by atoms with E-state index in [1.807, 2.05) is 0 Å². The lowest BCUT2D eigenvalue weighted by Gasteiger charge is -2.09. The number of rotatable bonds is 8. The van der Waals surface area contributed by atoms with Gasteiger partial charge in [0.05, 0.1) is 25.3 Å². The Kier molecular flexibility index (Phi) is 6.75. The van der Waals surface area contributed by atoms with E-state index in [0.717, 1.165) is 10.2 Å². The average Bonchev–Trinajstić information content (AvgIpc) is 3.09. The number of carbonyl (C=O) groups is 1. The number of benzene rings is 2. The Morgan fingerprint density at radius 1 is 1.18 bits per heavy atom. The fourth-order valence-electron chi connectivity index (χ4n) is 2.36. The number of nitrogens with zero attached hydrogens (tertiary/aromatic N) is 2. The second-order valence-corrected chi connectivity index (χ2v) is 6.67. The van der Waals surface area contributed by atoms with E-state index in [-0.39, 0.29) is 0 Å². The Bertz CT molecular complexity index is 999. The number of anilines is 2. The van der Waals surface area contributed by atoms with Gasteiger partial charge in [-0.2, -0.15) is 0 Å². The Morgan fingerprint density at radius 3 is 2.89 bits per heavy atom. The molecule has 9 heteroatoms. The van der Waals surface area contributed by atoms with Crippen LogP contribution in [0.25, 0.3) is 15.1 Å². The van der Waals surface area contributed by atoms with Crippen molar-refractivity contribution in [1.29, 1.82) is 0 Å². The standard InChI is InChI=1S/C19H19N5O3S/c1-21-13-5-6-16-17(12-13)28-19(23-16)24-18(25)22-14-3-2-4-15(11-14)27-10-9-26-8-7-20/h2-6,11-12H,7-10,20H2,(H2,22,23,24,25). The number of hydrogen-bond donors (Lipinski definition) is 3. The number of nitrogens with one attached hydrogen (secondary N) is 2. The molecule has 3 rings (SSSR count). The van der Waals surface area contributed by atoms with Crippen molar-refractivity contribution >= 4 is 44.1 Å². The number of aromatic nitrogens is 1. The van der Waals surface area contributed by atoms with Crippen molar-refractivity contribution in [3.8, 4) is 5.75 Å². The number of carbonyl (C=O) groups excluding carboxylic acids is 1. The molecule has 1 heterocycles. The van der Waals surface area contributed by atoms with Gasteiger partial charge >= 0.3 is 6.03 Å². The third-order valence-electron chi connectivity index (χ3n) is 3.57. The van der Waals surface area contributed by atoms with Crippen molar-refractivity contribution in [2.75, 3.05) is 37.0 Å². The lowest BCUT2D eigenvalue weighted by molar-refractivity contribution is 0.106. The highest BCUT2D eigenvalue weighted by atomic mass is 32.1. The molecule has 0 unspecified atom stereocenters. The van der Waals surface area contributed by atoms with Gasteiger partial charge in [-0.25, -0.2) is 14.6 Å². The zero-order chi connectivity index (χ0) is 19.8. The van der Waals surface area contributed by atoms with Crippen molar-refractivity contribution in [3.63, 3.8) is 0 Å². The van der Waals surface area contributed by atoms with Gasteiger partial charge in [-0.1, -0.05) is 23.5 Å². The van der Waals surface area contributed by atoms with Crippen LogP contribution in [0.1, 0.15) is 0 Å². The molecule has 0 spiro atoms. The van der Waals surface area contributed by atoms with E-state index in [1.54, 1.807) is 42.5 Å². The van der Waals surface area contributed by atoms with Gasteiger partial charge in [0.2, 0.25) is 0 Å². The Labute approximate surface area is 166 Å². The number of nitrogens with two attached hydrogens (primary N) is 1. The molecular weight excluding hydrogens is 378 g/mol. The van der Waals surface area contributed by atoms with Crippen LogP contribution >= 0.6 is 11.3 Å². The van der Waals surface area contributed by atoms with Gasteiger partial charge in [-0.05, 0) is 24.3 Å². The molecular formula is C19H19N5O3S. The Hall–Kier alpha value is -3.19. The van der Waals surface area contributed by atoms with Crippen LogP contribution in [0.2, 0.25) is 0 Å². The predicted molar refractivity (Wildman–Crippen MR) is 110 cm³/mol. The SMILES string of the molecule is [C-]#[N+]c1ccc2nc(NC(=O)Nc3cccc(OCCOCCN)c3)sc2c1. The predicted octanol–water partition coefficient (Wildman–Crippen LogP) is 3.85. The summed E-state index contributed by atoms with van der Waals surface area (Å²) in [5.41, 5.74) is 7.22. The lowest BCUT2D eigenvalue weighted by atomic mass is 10.3. The highest BCUT2D eigenvalue weighted by molar-refractivity contribution is 7.22. The summed E-state index contributed by atoms with van der Waals surface area (Å²) >= 11 is 1.31. The molecule has 0 saturated heterocycles. The van der Waals surface area contributed by atoms with Crippen LogP contribution < -0.4 is 21.1 Å². The number of amides is 2. The fourth-order valence-corrected chi connectivity index (χ4v) is 3.26. The van der Waals surface area contributed by atoms with Crippen LogP contribution in [0.15, 0.2) is 42.5 Å². The summed E-state index contributed by atoms with van der Waals surface area (Å²) < 4.78 is 11.7. The summed E-state index contributed by atoms with van der Waals surface area (Å²) in [6.07, 6.45) is 0. The number of hydrogen-bond acceptors (Lipinski definition) is 6. The molecule has 1 aromatic heterocycles. The summed E-state index contributed by atoms with van der Waals surface area (Å²) in [7, 11) is 0. The zero-order valence-corrected chi connectivity index (χ0v) is 15.8. The smallest absolute Gasteiger partial charge is 0.325 e. The van der Waals surface area contributed by atoms with Gasteiger partial charge in [-0.3, -0.25) is 5.32 Å². The van der Waals surface area contributed by atoms with E-state index < -0.39 is 6.03 Å². The molecule has 0 saturated carbocycles. The summed E-state index contributed by atoms with van der Waals surface area (Å²) in [6, 6.07) is 11.9. The van der Waals surface area contributed by atoms with Gasteiger partial charge in [0.1, 0.15) is 12.4 Å². The van der Waals surface area contributed by atoms with E-state index in [1.165, 1.54) is 11.3 Å². The minimum Gasteiger partial charge on any atom is -0.491 e. The zero-order valence-electron chi connectivity index (χ0n) is 15.0. The van der Waals surface area contributed by atoms with Crippen molar-refractivity contribution < 1.29 is 14.3 Å². The first-order chi connectivity index (χ1) is 13.7. The van der Waals surface area contributed by atoms with Crippen LogP contribution in [-0.2, 0) is 4.74 Å². The van der Waals surface area contributed by atoms with E-state index in [4.69, 9.17) is 21.8 Å². The first kappa shape index (κ1) is 19.6. The third-order valence-corrected chi connectivity index (χ3v) is 4.51. The Balaban J connectivity index is 1.56. The van der Waals surface area contributed by atoms with Crippen LogP contribution in [0.3, 0.4) is 0 Å². The molecule has 0 aliphatic heterocycles. The summed E-state index contributed by atoms with van der Waals surface area (Å²) in [5.74, 6) is 0.626. The molecule has 28 heavy (non-hydrogen) atoms. The first-order valence-corrected chi connectivity index (χ1v) is 9.36. The maximum atomic E-state index is 12.2. The number of urea groups is 1. The molecule has 0 fully saturated rings. The van der Waals surface area contributed by atoms with Crippen LogP contribution in [-0.4, -0.2) is 37.4 Å². The molecule has 144 valence electrons. The van der Waals surface area contributed by atoms with E-state index >= 15 is 0 Å². The van der Waals surface area contributed by atoms with Gasteiger partial charge in [0.25, 0.3) is 0 Å². The van der Waals surface area contributed by atoms with E-state index in [9.17, 15) is 4.79 Å².